The molecule has 0 aromatic rings. The number of nitrogens with one attached hydrogen (secondary N) is 3. The van der Waals surface area contributed by atoms with Crippen molar-refractivity contribution in [3.63, 3.8) is 0 Å². The highest BCUT2D eigenvalue weighted by molar-refractivity contribution is 6.09. The lowest BCUT2D eigenvalue weighted by atomic mass is 9.64. The van der Waals surface area contributed by atoms with Gasteiger partial charge < -0.3 is 15.4 Å². The van der Waals surface area contributed by atoms with Crippen molar-refractivity contribution in [1.82, 2.24) is 20.9 Å². The van der Waals surface area contributed by atoms with Gasteiger partial charge in [-0.05, 0) is 50.4 Å². The molecular formula is C23H36N4O6. The molecule has 2 aliphatic carbocycles. The molecule has 1 aliphatic heterocycles. The van der Waals surface area contributed by atoms with E-state index in [9.17, 15) is 24.0 Å². The molecule has 3 aliphatic rings. The summed E-state index contributed by atoms with van der Waals surface area (Å²) in [6, 6.07) is -1.23. The highest BCUT2D eigenvalue weighted by atomic mass is 16.5. The molecule has 184 valence electrons. The van der Waals surface area contributed by atoms with Crippen LogP contribution >= 0.6 is 0 Å². The fourth-order valence-electron chi connectivity index (χ4n) is 5.75. The summed E-state index contributed by atoms with van der Waals surface area (Å²) in [6.07, 6.45) is 5.66. The quantitative estimate of drug-likeness (QED) is 0.422. The largest absolute Gasteiger partial charge is 0.451 e. The molecule has 3 rings (SSSR count). The second kappa shape index (κ2) is 9.69. The minimum Gasteiger partial charge on any atom is -0.451 e. The van der Waals surface area contributed by atoms with Crippen molar-refractivity contribution in [2.24, 2.45) is 11.3 Å². The SMILES string of the molecule is CC1CC(C)(C)CC2(C1)NC(=O)N(CC(=O)OC(C)C(=O)NC(=O)NC1CCCCC1)C2=O. The van der Waals surface area contributed by atoms with Crippen molar-refractivity contribution in [2.45, 2.75) is 96.7 Å². The van der Waals surface area contributed by atoms with Gasteiger partial charge in [0.2, 0.25) is 0 Å². The average Bonchev–Trinajstić information content (AvgIpc) is 2.90. The lowest BCUT2D eigenvalue weighted by molar-refractivity contribution is -0.156. The Labute approximate surface area is 194 Å². The van der Waals surface area contributed by atoms with Gasteiger partial charge in [-0.1, -0.05) is 40.0 Å². The summed E-state index contributed by atoms with van der Waals surface area (Å²) in [5.74, 6) is -1.86. The summed E-state index contributed by atoms with van der Waals surface area (Å²) in [7, 11) is 0. The standard InChI is InChI=1S/C23H36N4O6/c1-14-10-22(3,4)13-23(11-14)19(30)27(21(32)26-23)12-17(28)33-15(2)18(29)25-20(31)24-16-8-6-5-7-9-16/h14-16H,5-13H2,1-4H3,(H,26,32)(H2,24,25,29,31). The van der Waals surface area contributed by atoms with Crippen LogP contribution in [-0.2, 0) is 19.1 Å². The molecule has 0 aromatic carbocycles. The Balaban J connectivity index is 1.51. The van der Waals surface area contributed by atoms with Gasteiger partial charge in [0.25, 0.3) is 11.8 Å². The molecule has 3 N–H and O–H groups in total. The number of urea groups is 2. The predicted octanol–water partition coefficient (Wildman–Crippen LogP) is 2.21. The van der Waals surface area contributed by atoms with E-state index in [1.165, 1.54) is 6.92 Å². The Kier molecular flexibility index (Phi) is 7.33. The van der Waals surface area contributed by atoms with Crippen molar-refractivity contribution < 1.29 is 28.7 Å². The molecule has 10 heteroatoms. The second-order valence-electron chi connectivity index (χ2n) is 10.7. The molecule has 3 unspecified atom stereocenters. The van der Waals surface area contributed by atoms with Crippen LogP contribution in [0.1, 0.15) is 79.1 Å². The van der Waals surface area contributed by atoms with Gasteiger partial charge in [0, 0.05) is 6.04 Å². The molecule has 3 fully saturated rings. The number of carbonyl (C=O) groups excluding carboxylic acids is 5. The van der Waals surface area contributed by atoms with Crippen LogP contribution < -0.4 is 16.0 Å². The predicted molar refractivity (Wildman–Crippen MR) is 119 cm³/mol. The van der Waals surface area contributed by atoms with E-state index in [1.807, 2.05) is 6.92 Å². The summed E-state index contributed by atoms with van der Waals surface area (Å²) < 4.78 is 5.09. The number of nitrogens with zero attached hydrogens (tertiary/aromatic N) is 1. The molecule has 2 saturated carbocycles. The van der Waals surface area contributed by atoms with Crippen LogP contribution in [0.4, 0.5) is 9.59 Å². The Hall–Kier alpha value is -2.65. The maximum absolute atomic E-state index is 13.1. The number of imide groups is 2. The van der Waals surface area contributed by atoms with Crippen LogP contribution in [0.5, 0.6) is 0 Å². The Morgan fingerprint density at radius 1 is 1.15 bits per heavy atom. The molecule has 0 aromatic heterocycles. The molecule has 0 radical (unpaired) electrons. The van der Waals surface area contributed by atoms with Crippen LogP contribution in [0.2, 0.25) is 0 Å². The number of esters is 1. The van der Waals surface area contributed by atoms with Crippen molar-refractivity contribution >= 4 is 29.8 Å². The summed E-state index contributed by atoms with van der Waals surface area (Å²) in [5, 5.41) is 7.73. The third-order valence-electron chi connectivity index (χ3n) is 6.77. The fourth-order valence-corrected chi connectivity index (χ4v) is 5.75. The van der Waals surface area contributed by atoms with Gasteiger partial charge in [0.05, 0.1) is 0 Å². The van der Waals surface area contributed by atoms with Crippen LogP contribution in [-0.4, -0.2) is 59.0 Å². The van der Waals surface area contributed by atoms with Crippen LogP contribution in [0.15, 0.2) is 0 Å². The van der Waals surface area contributed by atoms with Gasteiger partial charge in [-0.25, -0.2) is 9.59 Å². The molecule has 3 atom stereocenters. The van der Waals surface area contributed by atoms with Gasteiger partial charge in [-0.3, -0.25) is 24.6 Å². The topological polar surface area (TPSA) is 134 Å². The average molecular weight is 465 g/mol. The van der Waals surface area contributed by atoms with Gasteiger partial charge in [-0.15, -0.1) is 0 Å². The third kappa shape index (κ3) is 6.03. The molecule has 33 heavy (non-hydrogen) atoms. The first kappa shape index (κ1) is 25.0. The minimum absolute atomic E-state index is 0.0314. The molecule has 1 saturated heterocycles. The monoisotopic (exact) mass is 464 g/mol. The smallest absolute Gasteiger partial charge is 0.327 e. The maximum Gasteiger partial charge on any atom is 0.327 e. The summed E-state index contributed by atoms with van der Waals surface area (Å²) in [6.45, 7) is 6.91. The Morgan fingerprint density at radius 3 is 2.45 bits per heavy atom. The lowest BCUT2D eigenvalue weighted by Crippen LogP contribution is -2.54. The van der Waals surface area contributed by atoms with Gasteiger partial charge >= 0.3 is 18.0 Å². The minimum atomic E-state index is -1.25. The zero-order valence-corrected chi connectivity index (χ0v) is 20.0. The molecular weight excluding hydrogens is 428 g/mol. The molecule has 10 nitrogen and oxygen atoms in total. The number of amides is 6. The van der Waals surface area contributed by atoms with Crippen molar-refractivity contribution in [2.75, 3.05) is 6.54 Å². The van der Waals surface area contributed by atoms with Crippen LogP contribution in [0, 0.1) is 11.3 Å². The summed E-state index contributed by atoms with van der Waals surface area (Å²) in [4.78, 5) is 63.2. The van der Waals surface area contributed by atoms with Gasteiger partial charge in [0.15, 0.2) is 6.10 Å². The fraction of sp³-hybridized carbons (Fsp3) is 0.783. The molecule has 1 spiro atoms. The highest BCUT2D eigenvalue weighted by Gasteiger charge is 2.56. The van der Waals surface area contributed by atoms with E-state index < -0.39 is 48.0 Å². The van der Waals surface area contributed by atoms with Crippen molar-refractivity contribution in [3.8, 4) is 0 Å². The lowest BCUT2D eigenvalue weighted by Gasteiger charge is -2.43. The van der Waals surface area contributed by atoms with E-state index in [0.29, 0.717) is 12.8 Å². The van der Waals surface area contributed by atoms with Crippen molar-refractivity contribution in [3.05, 3.63) is 0 Å². The summed E-state index contributed by atoms with van der Waals surface area (Å²) >= 11 is 0. The zero-order valence-electron chi connectivity index (χ0n) is 20.0. The molecule has 6 amide bonds. The number of ether oxygens (including phenoxy) is 1. The Morgan fingerprint density at radius 2 is 1.82 bits per heavy atom. The van der Waals surface area contributed by atoms with E-state index in [2.05, 4.69) is 29.8 Å². The third-order valence-corrected chi connectivity index (χ3v) is 6.77. The van der Waals surface area contributed by atoms with E-state index in [0.717, 1.165) is 43.4 Å². The first-order chi connectivity index (χ1) is 15.4. The number of carbonyl (C=O) groups is 5. The molecule has 1 heterocycles. The zero-order chi connectivity index (χ0) is 24.4. The number of rotatable bonds is 5. The first-order valence-electron chi connectivity index (χ1n) is 11.9. The first-order valence-corrected chi connectivity index (χ1v) is 11.9. The Bertz CT molecular complexity index is 822. The normalized spacial score (nSPS) is 28.2. The number of hydrogen-bond acceptors (Lipinski definition) is 6. The van der Waals surface area contributed by atoms with Gasteiger partial charge in [0.1, 0.15) is 12.1 Å². The molecule has 0 bridgehead atoms. The second-order valence-corrected chi connectivity index (χ2v) is 10.7. The van der Waals surface area contributed by atoms with E-state index >= 15 is 0 Å². The van der Waals surface area contributed by atoms with E-state index in [1.54, 1.807) is 0 Å². The highest BCUT2D eigenvalue weighted by Crippen LogP contribution is 2.46. The van der Waals surface area contributed by atoms with Gasteiger partial charge in [-0.2, -0.15) is 0 Å². The summed E-state index contributed by atoms with van der Waals surface area (Å²) in [5.41, 5.74) is -1.14. The van der Waals surface area contributed by atoms with E-state index in [-0.39, 0.29) is 17.4 Å². The maximum atomic E-state index is 13.1. The van der Waals surface area contributed by atoms with Crippen LogP contribution in [0.3, 0.4) is 0 Å². The van der Waals surface area contributed by atoms with E-state index in [4.69, 9.17) is 4.74 Å². The van der Waals surface area contributed by atoms with Crippen LogP contribution in [0.25, 0.3) is 0 Å². The van der Waals surface area contributed by atoms with Crippen molar-refractivity contribution in [1.29, 1.82) is 0 Å². The number of hydrogen-bond donors (Lipinski definition) is 3.